The van der Waals surface area contributed by atoms with Gasteiger partial charge in [0.15, 0.2) is 0 Å². The maximum atomic E-state index is 13.4. The summed E-state index contributed by atoms with van der Waals surface area (Å²) in [5.41, 5.74) is 0.315. The SMILES string of the molecule is Cn1c2c(c(=O)n(CCCO)c1=O)N(Cc1ccc(F)cc1)C(Oc1cccc(C#N)c1)N2. The van der Waals surface area contributed by atoms with Crippen LogP contribution in [0, 0.1) is 17.1 Å². The van der Waals surface area contributed by atoms with Crippen molar-refractivity contribution in [2.45, 2.75) is 25.9 Å². The number of anilines is 2. The minimum absolute atomic E-state index is 0.0649. The van der Waals surface area contributed by atoms with Gasteiger partial charge in [-0.1, -0.05) is 18.2 Å². The van der Waals surface area contributed by atoms with Gasteiger partial charge in [0, 0.05) is 26.7 Å². The van der Waals surface area contributed by atoms with Crippen molar-refractivity contribution in [3.05, 3.63) is 86.3 Å². The Labute approximate surface area is 188 Å². The molecule has 2 aromatic carbocycles. The molecule has 2 N–H and O–H groups in total. The number of fused-ring (bicyclic) bond motifs is 1. The number of nitrogens with zero attached hydrogens (tertiary/aromatic N) is 4. The molecule has 0 aliphatic carbocycles. The zero-order valence-electron chi connectivity index (χ0n) is 17.9. The number of halogens is 1. The topological polar surface area (TPSA) is 113 Å². The molecule has 33 heavy (non-hydrogen) atoms. The van der Waals surface area contributed by atoms with Gasteiger partial charge in [0.1, 0.15) is 23.1 Å². The van der Waals surface area contributed by atoms with Gasteiger partial charge in [0.2, 0.25) is 0 Å². The minimum atomic E-state index is -0.869. The number of ether oxygens (including phenoxy) is 1. The van der Waals surface area contributed by atoms with Gasteiger partial charge in [0.25, 0.3) is 11.9 Å². The molecule has 0 saturated carbocycles. The Hall–Kier alpha value is -4.10. The Morgan fingerprint density at radius 1 is 1.21 bits per heavy atom. The third kappa shape index (κ3) is 4.31. The Balaban J connectivity index is 1.79. The van der Waals surface area contributed by atoms with Crippen LogP contribution in [0.5, 0.6) is 5.75 Å². The highest BCUT2D eigenvalue weighted by atomic mass is 19.1. The van der Waals surface area contributed by atoms with Gasteiger partial charge >= 0.3 is 5.69 Å². The van der Waals surface area contributed by atoms with E-state index in [0.717, 1.165) is 10.1 Å². The molecule has 0 saturated heterocycles. The van der Waals surface area contributed by atoms with Crippen LogP contribution in [0.2, 0.25) is 0 Å². The zero-order valence-corrected chi connectivity index (χ0v) is 17.9. The van der Waals surface area contributed by atoms with Crippen LogP contribution >= 0.6 is 0 Å². The maximum absolute atomic E-state index is 13.4. The summed E-state index contributed by atoms with van der Waals surface area (Å²) in [6, 6.07) is 14.5. The number of nitriles is 1. The first-order valence-electron chi connectivity index (χ1n) is 10.3. The first-order valence-corrected chi connectivity index (χ1v) is 10.3. The van der Waals surface area contributed by atoms with E-state index in [9.17, 15) is 19.2 Å². The van der Waals surface area contributed by atoms with E-state index in [1.165, 1.54) is 23.7 Å². The van der Waals surface area contributed by atoms with Gasteiger partial charge in [-0.3, -0.25) is 13.9 Å². The van der Waals surface area contributed by atoms with Crippen molar-refractivity contribution < 1.29 is 14.2 Å². The van der Waals surface area contributed by atoms with Crippen LogP contribution in [0.25, 0.3) is 0 Å². The van der Waals surface area contributed by atoms with Crippen molar-refractivity contribution in [3.8, 4) is 11.8 Å². The Morgan fingerprint density at radius 3 is 2.67 bits per heavy atom. The predicted octanol–water partition coefficient (Wildman–Crippen LogP) is 1.73. The second-order valence-electron chi connectivity index (χ2n) is 7.58. The molecule has 1 aliphatic heterocycles. The lowest BCUT2D eigenvalue weighted by atomic mass is 10.2. The molecule has 1 aromatic heterocycles. The third-order valence-electron chi connectivity index (χ3n) is 5.37. The molecule has 9 nitrogen and oxygen atoms in total. The molecule has 4 rings (SSSR count). The van der Waals surface area contributed by atoms with Gasteiger partial charge in [-0.25, -0.2) is 9.18 Å². The van der Waals surface area contributed by atoms with E-state index in [2.05, 4.69) is 5.32 Å². The second-order valence-corrected chi connectivity index (χ2v) is 7.58. The van der Waals surface area contributed by atoms with E-state index in [0.29, 0.717) is 11.3 Å². The van der Waals surface area contributed by atoms with Crippen molar-refractivity contribution in [1.82, 2.24) is 9.13 Å². The Bertz CT molecular complexity index is 1330. The largest absolute Gasteiger partial charge is 0.452 e. The summed E-state index contributed by atoms with van der Waals surface area (Å²) in [5.74, 6) is 0.302. The lowest BCUT2D eigenvalue weighted by Gasteiger charge is -2.26. The summed E-state index contributed by atoms with van der Waals surface area (Å²) in [5, 5.41) is 21.4. The Kier molecular flexibility index (Phi) is 6.15. The number of aromatic nitrogens is 2. The molecule has 170 valence electrons. The van der Waals surface area contributed by atoms with Crippen LogP contribution in [-0.4, -0.2) is 27.2 Å². The summed E-state index contributed by atoms with van der Waals surface area (Å²) in [7, 11) is 1.54. The predicted molar refractivity (Wildman–Crippen MR) is 119 cm³/mol. The number of hydrogen-bond acceptors (Lipinski definition) is 7. The van der Waals surface area contributed by atoms with Crippen molar-refractivity contribution in [2.75, 3.05) is 16.8 Å². The summed E-state index contributed by atoms with van der Waals surface area (Å²) in [4.78, 5) is 27.7. The van der Waals surface area contributed by atoms with Crippen LogP contribution in [0.1, 0.15) is 17.5 Å². The fourth-order valence-corrected chi connectivity index (χ4v) is 3.72. The number of aliphatic hydroxyl groups is 1. The molecular formula is C23H22FN5O4. The number of nitrogens with one attached hydrogen (secondary N) is 1. The summed E-state index contributed by atoms with van der Waals surface area (Å²) < 4.78 is 21.9. The standard InChI is InChI=1S/C23H22FN5O4/c1-27-20-19(21(31)28(23(27)32)10-3-11-30)29(14-15-6-8-17(24)9-7-15)22(26-20)33-18-5-2-4-16(12-18)13-25/h2,4-9,12,22,26,30H,3,10-11,14H2,1H3. The fraction of sp³-hybridized carbons (Fsp3) is 0.261. The summed E-state index contributed by atoms with van der Waals surface area (Å²) >= 11 is 0. The average Bonchev–Trinajstić information content (AvgIpc) is 3.17. The summed E-state index contributed by atoms with van der Waals surface area (Å²) in [6.45, 7) is 0.0942. The van der Waals surface area contributed by atoms with E-state index in [4.69, 9.17) is 9.84 Å². The molecule has 0 bridgehead atoms. The molecule has 0 fully saturated rings. The Morgan fingerprint density at radius 2 is 1.97 bits per heavy atom. The maximum Gasteiger partial charge on any atom is 0.332 e. The molecule has 1 unspecified atom stereocenters. The monoisotopic (exact) mass is 451 g/mol. The normalized spacial score (nSPS) is 14.5. The zero-order chi connectivity index (χ0) is 23.5. The number of rotatable bonds is 7. The fourth-order valence-electron chi connectivity index (χ4n) is 3.72. The number of aliphatic hydroxyl groups excluding tert-OH is 1. The van der Waals surface area contributed by atoms with Crippen LogP contribution in [0.3, 0.4) is 0 Å². The molecule has 1 aliphatic rings. The van der Waals surface area contributed by atoms with Crippen molar-refractivity contribution >= 4 is 11.5 Å². The van der Waals surface area contributed by atoms with E-state index in [-0.39, 0.29) is 43.4 Å². The van der Waals surface area contributed by atoms with Crippen LogP contribution in [0.4, 0.5) is 15.9 Å². The van der Waals surface area contributed by atoms with Crippen molar-refractivity contribution in [3.63, 3.8) is 0 Å². The highest BCUT2D eigenvalue weighted by molar-refractivity contribution is 5.71. The van der Waals surface area contributed by atoms with E-state index < -0.39 is 17.6 Å². The minimum Gasteiger partial charge on any atom is -0.452 e. The van der Waals surface area contributed by atoms with Gasteiger partial charge in [-0.2, -0.15) is 5.26 Å². The molecule has 3 aromatic rings. The van der Waals surface area contributed by atoms with Gasteiger partial charge in [0.05, 0.1) is 11.6 Å². The van der Waals surface area contributed by atoms with Crippen LogP contribution in [0.15, 0.2) is 58.1 Å². The van der Waals surface area contributed by atoms with E-state index >= 15 is 0 Å². The van der Waals surface area contributed by atoms with Gasteiger partial charge < -0.3 is 20.1 Å². The third-order valence-corrected chi connectivity index (χ3v) is 5.37. The highest BCUT2D eigenvalue weighted by Gasteiger charge is 2.36. The molecule has 2 heterocycles. The number of hydrogen-bond donors (Lipinski definition) is 2. The molecule has 0 amide bonds. The first-order chi connectivity index (χ1) is 15.9. The average molecular weight is 451 g/mol. The molecular weight excluding hydrogens is 429 g/mol. The quantitative estimate of drug-likeness (QED) is 0.563. The summed E-state index contributed by atoms with van der Waals surface area (Å²) in [6.07, 6.45) is -0.619. The molecule has 0 spiro atoms. The lowest BCUT2D eigenvalue weighted by Crippen LogP contribution is -2.43. The van der Waals surface area contributed by atoms with Crippen molar-refractivity contribution in [2.24, 2.45) is 7.05 Å². The van der Waals surface area contributed by atoms with Gasteiger partial charge in [-0.05, 0) is 42.3 Å². The van der Waals surface area contributed by atoms with E-state index in [1.807, 2.05) is 6.07 Å². The smallest absolute Gasteiger partial charge is 0.332 e. The molecule has 0 radical (unpaired) electrons. The molecule has 1 atom stereocenters. The van der Waals surface area contributed by atoms with Crippen molar-refractivity contribution in [1.29, 1.82) is 5.26 Å². The number of benzene rings is 2. The van der Waals surface area contributed by atoms with Crippen LogP contribution in [-0.2, 0) is 20.1 Å². The lowest BCUT2D eigenvalue weighted by molar-refractivity contribution is 0.227. The first kappa shape index (κ1) is 22.1. The highest BCUT2D eigenvalue weighted by Crippen LogP contribution is 2.32. The van der Waals surface area contributed by atoms with Gasteiger partial charge in [-0.15, -0.1) is 0 Å². The van der Waals surface area contributed by atoms with Crippen LogP contribution < -0.4 is 26.2 Å². The molecule has 10 heteroatoms. The van der Waals surface area contributed by atoms with E-state index in [1.54, 1.807) is 41.3 Å². The second kappa shape index (κ2) is 9.18.